The van der Waals surface area contributed by atoms with Gasteiger partial charge in [-0.3, -0.25) is 4.79 Å². The molecule has 0 aromatic carbocycles. The Kier molecular flexibility index (Phi) is 7.95. The fourth-order valence-electron chi connectivity index (χ4n) is 3.03. The van der Waals surface area contributed by atoms with Crippen molar-refractivity contribution in [2.24, 2.45) is 5.73 Å². The van der Waals surface area contributed by atoms with Crippen molar-refractivity contribution in [3.63, 3.8) is 0 Å². The lowest BCUT2D eigenvalue weighted by molar-refractivity contribution is -0.175. The summed E-state index contributed by atoms with van der Waals surface area (Å²) in [6.07, 6.45) is 8.42. The number of hydrogen-bond donors (Lipinski definition) is 2. The quantitative estimate of drug-likeness (QED) is 0.813. The first kappa shape index (κ1) is 18.7. The molecule has 0 bridgehead atoms. The maximum absolute atomic E-state index is 11.8. The standard InChI is InChI=1S/C15H28N2O3.ClH/c1-2-7-13(16)14(18)17-10-12-11-19-15(20-12)8-5-3-4-6-9-15;/h12-13H,2-11,16H2,1H3,(H,17,18);1H. The molecule has 1 spiro atoms. The number of carbonyl (C=O) groups is 1. The number of rotatable bonds is 5. The summed E-state index contributed by atoms with van der Waals surface area (Å²) in [5, 5.41) is 2.88. The van der Waals surface area contributed by atoms with Crippen molar-refractivity contribution < 1.29 is 14.3 Å². The molecule has 5 nitrogen and oxygen atoms in total. The number of amides is 1. The third-order valence-corrected chi connectivity index (χ3v) is 4.22. The molecule has 0 aromatic rings. The van der Waals surface area contributed by atoms with Crippen LogP contribution in [0.2, 0.25) is 0 Å². The average molecular weight is 321 g/mol. The highest BCUT2D eigenvalue weighted by Gasteiger charge is 2.41. The molecule has 1 saturated heterocycles. The predicted molar refractivity (Wildman–Crippen MR) is 84.4 cm³/mol. The molecule has 1 amide bonds. The number of hydrogen-bond acceptors (Lipinski definition) is 4. The zero-order chi connectivity index (χ0) is 14.4. The van der Waals surface area contributed by atoms with Crippen LogP contribution in [0.25, 0.3) is 0 Å². The van der Waals surface area contributed by atoms with Gasteiger partial charge in [-0.05, 0) is 19.3 Å². The Morgan fingerprint density at radius 2 is 2.00 bits per heavy atom. The lowest BCUT2D eigenvalue weighted by Crippen LogP contribution is -2.44. The van der Waals surface area contributed by atoms with Crippen molar-refractivity contribution in [2.75, 3.05) is 13.2 Å². The number of nitrogens with one attached hydrogen (secondary N) is 1. The van der Waals surface area contributed by atoms with Gasteiger partial charge in [-0.1, -0.05) is 26.2 Å². The molecule has 0 radical (unpaired) electrons. The summed E-state index contributed by atoms with van der Waals surface area (Å²) < 4.78 is 12.0. The maximum atomic E-state index is 11.8. The van der Waals surface area contributed by atoms with E-state index < -0.39 is 6.04 Å². The molecular weight excluding hydrogens is 292 g/mol. The summed E-state index contributed by atoms with van der Waals surface area (Å²) in [5.41, 5.74) is 5.79. The highest BCUT2D eigenvalue weighted by atomic mass is 35.5. The van der Waals surface area contributed by atoms with Crippen molar-refractivity contribution in [3.05, 3.63) is 0 Å². The minimum atomic E-state index is -0.408. The van der Waals surface area contributed by atoms with Crippen LogP contribution in [0.15, 0.2) is 0 Å². The highest BCUT2D eigenvalue weighted by molar-refractivity contribution is 5.85. The molecule has 1 aliphatic heterocycles. The fourth-order valence-corrected chi connectivity index (χ4v) is 3.03. The van der Waals surface area contributed by atoms with Gasteiger partial charge in [0.05, 0.1) is 12.6 Å². The molecule has 2 atom stereocenters. The van der Waals surface area contributed by atoms with E-state index in [0.717, 1.165) is 25.7 Å². The summed E-state index contributed by atoms with van der Waals surface area (Å²) in [4.78, 5) is 11.8. The Labute approximate surface area is 133 Å². The number of carbonyl (C=O) groups excluding carboxylic acids is 1. The third-order valence-electron chi connectivity index (χ3n) is 4.22. The molecule has 6 heteroatoms. The number of nitrogens with two attached hydrogens (primary N) is 1. The van der Waals surface area contributed by atoms with Crippen LogP contribution in [-0.4, -0.2) is 37.0 Å². The summed E-state index contributed by atoms with van der Waals surface area (Å²) >= 11 is 0. The van der Waals surface area contributed by atoms with Crippen LogP contribution in [0.1, 0.15) is 58.3 Å². The van der Waals surface area contributed by atoms with Crippen LogP contribution >= 0.6 is 12.4 Å². The SMILES string of the molecule is CCCC(N)C(=O)NCC1COC2(CCCCCC2)O1.Cl. The number of ether oxygens (including phenoxy) is 2. The first-order valence-electron chi connectivity index (χ1n) is 8.00. The summed E-state index contributed by atoms with van der Waals surface area (Å²) in [6.45, 7) is 3.10. The Morgan fingerprint density at radius 1 is 1.33 bits per heavy atom. The highest BCUT2D eigenvalue weighted by Crippen LogP contribution is 2.36. The van der Waals surface area contributed by atoms with E-state index in [-0.39, 0.29) is 30.2 Å². The molecule has 21 heavy (non-hydrogen) atoms. The largest absolute Gasteiger partial charge is 0.352 e. The lowest BCUT2D eigenvalue weighted by atomic mass is 10.1. The first-order chi connectivity index (χ1) is 9.65. The van der Waals surface area contributed by atoms with E-state index in [9.17, 15) is 4.79 Å². The molecule has 124 valence electrons. The summed E-state index contributed by atoms with van der Waals surface area (Å²) in [5.74, 6) is -0.463. The smallest absolute Gasteiger partial charge is 0.237 e. The van der Waals surface area contributed by atoms with Gasteiger partial charge in [0.1, 0.15) is 6.10 Å². The maximum Gasteiger partial charge on any atom is 0.237 e. The van der Waals surface area contributed by atoms with E-state index in [1.807, 2.05) is 6.92 Å². The molecule has 3 N–H and O–H groups in total. The van der Waals surface area contributed by atoms with Gasteiger partial charge in [0.25, 0.3) is 0 Å². The second kappa shape index (κ2) is 8.93. The van der Waals surface area contributed by atoms with E-state index >= 15 is 0 Å². The fraction of sp³-hybridized carbons (Fsp3) is 0.933. The summed E-state index contributed by atoms with van der Waals surface area (Å²) in [7, 11) is 0. The van der Waals surface area contributed by atoms with Crippen molar-refractivity contribution in [3.8, 4) is 0 Å². The van der Waals surface area contributed by atoms with Crippen LogP contribution in [0.4, 0.5) is 0 Å². The zero-order valence-electron chi connectivity index (χ0n) is 12.9. The molecule has 1 saturated carbocycles. The monoisotopic (exact) mass is 320 g/mol. The molecule has 2 rings (SSSR count). The molecule has 2 fully saturated rings. The van der Waals surface area contributed by atoms with Crippen LogP contribution in [0, 0.1) is 0 Å². The summed E-state index contributed by atoms with van der Waals surface area (Å²) in [6, 6.07) is -0.408. The topological polar surface area (TPSA) is 73.6 Å². The molecular formula is C15H29ClN2O3. The predicted octanol–water partition coefficient (Wildman–Crippen LogP) is 2.12. The van der Waals surface area contributed by atoms with Crippen molar-refractivity contribution in [1.29, 1.82) is 0 Å². The van der Waals surface area contributed by atoms with Gasteiger partial charge in [0.2, 0.25) is 5.91 Å². The molecule has 0 aromatic heterocycles. The normalized spacial score (nSPS) is 25.9. The van der Waals surface area contributed by atoms with Gasteiger partial charge in [0.15, 0.2) is 5.79 Å². The van der Waals surface area contributed by atoms with Crippen molar-refractivity contribution >= 4 is 18.3 Å². The van der Waals surface area contributed by atoms with Crippen LogP contribution in [-0.2, 0) is 14.3 Å². The van der Waals surface area contributed by atoms with E-state index in [2.05, 4.69) is 5.32 Å². The van der Waals surface area contributed by atoms with Gasteiger partial charge in [-0.15, -0.1) is 12.4 Å². The van der Waals surface area contributed by atoms with Gasteiger partial charge in [-0.25, -0.2) is 0 Å². The van der Waals surface area contributed by atoms with E-state index in [1.54, 1.807) is 0 Å². The van der Waals surface area contributed by atoms with Gasteiger partial charge in [0, 0.05) is 19.4 Å². The molecule has 1 aliphatic carbocycles. The van der Waals surface area contributed by atoms with Crippen molar-refractivity contribution in [1.82, 2.24) is 5.32 Å². The van der Waals surface area contributed by atoms with E-state index in [4.69, 9.17) is 15.2 Å². The van der Waals surface area contributed by atoms with E-state index in [0.29, 0.717) is 13.2 Å². The van der Waals surface area contributed by atoms with Gasteiger partial charge >= 0.3 is 0 Å². The Balaban J connectivity index is 0.00000220. The Bertz CT molecular complexity index is 320. The zero-order valence-corrected chi connectivity index (χ0v) is 13.8. The van der Waals surface area contributed by atoms with Crippen LogP contribution in [0.3, 0.4) is 0 Å². The molecule has 2 aliphatic rings. The second-order valence-electron chi connectivity index (χ2n) is 6.02. The molecule has 2 unspecified atom stereocenters. The van der Waals surface area contributed by atoms with Gasteiger partial charge < -0.3 is 20.5 Å². The molecule has 1 heterocycles. The Morgan fingerprint density at radius 3 is 2.62 bits per heavy atom. The third kappa shape index (κ3) is 5.40. The van der Waals surface area contributed by atoms with Gasteiger partial charge in [-0.2, -0.15) is 0 Å². The lowest BCUT2D eigenvalue weighted by Gasteiger charge is -2.26. The number of halogens is 1. The van der Waals surface area contributed by atoms with Crippen LogP contribution < -0.4 is 11.1 Å². The Hall–Kier alpha value is -0.360. The van der Waals surface area contributed by atoms with Crippen LogP contribution in [0.5, 0.6) is 0 Å². The average Bonchev–Trinajstić information content (AvgIpc) is 2.68. The second-order valence-corrected chi connectivity index (χ2v) is 6.02. The minimum absolute atomic E-state index is 0. The van der Waals surface area contributed by atoms with E-state index in [1.165, 1.54) is 25.7 Å². The van der Waals surface area contributed by atoms with Crippen molar-refractivity contribution in [2.45, 2.75) is 76.2 Å². The first-order valence-corrected chi connectivity index (χ1v) is 8.00. The minimum Gasteiger partial charge on any atom is -0.352 e.